The van der Waals surface area contributed by atoms with Crippen LogP contribution in [0.4, 0.5) is 10.2 Å². The van der Waals surface area contributed by atoms with Crippen LogP contribution < -0.4 is 14.8 Å². The standard InChI is InChI=1S/C21H19FN6O2.ClH/c1-11-6-25-27(2)19(11)13-5-17-21(28-10-24-26-20(13)28)23-7-14-15(22)3-4-16-18(14)12(8-29-16)9-30-17;/h3-6,10,12,23H,7-9H2,1-2H3;1H/t12-;/m0./s1. The van der Waals surface area contributed by atoms with E-state index in [1.807, 2.05) is 35.3 Å². The summed E-state index contributed by atoms with van der Waals surface area (Å²) in [4.78, 5) is 0. The number of benzene rings is 1. The fourth-order valence-electron chi connectivity index (χ4n) is 4.49. The minimum atomic E-state index is -0.248. The summed E-state index contributed by atoms with van der Waals surface area (Å²) in [5, 5.41) is 16.1. The third-order valence-electron chi connectivity index (χ3n) is 5.90. The lowest BCUT2D eigenvalue weighted by Crippen LogP contribution is -2.13. The third-order valence-corrected chi connectivity index (χ3v) is 5.90. The lowest BCUT2D eigenvalue weighted by Gasteiger charge is -2.17. The molecular formula is C21H20ClFN6O2. The number of pyridine rings is 1. The Morgan fingerprint density at radius 3 is 2.77 bits per heavy atom. The predicted octanol–water partition coefficient (Wildman–Crippen LogP) is 3.48. The number of nitrogens with one attached hydrogen (secondary N) is 1. The first-order valence-electron chi connectivity index (χ1n) is 9.78. The quantitative estimate of drug-likeness (QED) is 0.486. The molecule has 1 N–H and O–H groups in total. The maximum Gasteiger partial charge on any atom is 0.171 e. The molecule has 0 aliphatic carbocycles. The Kier molecular flexibility index (Phi) is 4.51. The zero-order valence-corrected chi connectivity index (χ0v) is 17.7. The van der Waals surface area contributed by atoms with Gasteiger partial charge in [-0.3, -0.25) is 9.08 Å². The van der Waals surface area contributed by atoms with Crippen LogP contribution in [0, 0.1) is 12.7 Å². The molecule has 4 aromatic rings. The highest BCUT2D eigenvalue weighted by Gasteiger charge is 2.32. The highest BCUT2D eigenvalue weighted by Crippen LogP contribution is 2.42. The van der Waals surface area contributed by atoms with Gasteiger partial charge in [0, 0.05) is 30.3 Å². The number of nitrogens with zero attached hydrogens (tertiary/aromatic N) is 5. The molecule has 8 nitrogen and oxygen atoms in total. The second kappa shape index (κ2) is 7.12. The van der Waals surface area contributed by atoms with Crippen molar-refractivity contribution < 1.29 is 13.9 Å². The summed E-state index contributed by atoms with van der Waals surface area (Å²) in [5.41, 5.74) is 5.02. The Bertz CT molecular complexity index is 1300. The average molecular weight is 443 g/mol. The van der Waals surface area contributed by atoms with Crippen molar-refractivity contribution >= 4 is 23.9 Å². The summed E-state index contributed by atoms with van der Waals surface area (Å²) >= 11 is 0. The van der Waals surface area contributed by atoms with Gasteiger partial charge in [-0.15, -0.1) is 22.6 Å². The molecule has 0 saturated carbocycles. The maximum atomic E-state index is 14.7. The Morgan fingerprint density at radius 2 is 2.00 bits per heavy atom. The number of hydrogen-bond donors (Lipinski definition) is 1. The number of rotatable bonds is 1. The monoisotopic (exact) mass is 442 g/mol. The smallest absolute Gasteiger partial charge is 0.171 e. The van der Waals surface area contributed by atoms with Crippen LogP contribution >= 0.6 is 12.4 Å². The van der Waals surface area contributed by atoms with E-state index in [0.717, 1.165) is 28.1 Å². The number of fused-ring (bicyclic) bond motifs is 3. The minimum Gasteiger partial charge on any atom is -0.493 e. The molecule has 160 valence electrons. The Balaban J connectivity index is 0.00000204. The summed E-state index contributed by atoms with van der Waals surface area (Å²) in [6.45, 7) is 3.18. The van der Waals surface area contributed by atoms with Crippen LogP contribution in [0.25, 0.3) is 16.9 Å². The van der Waals surface area contributed by atoms with Crippen molar-refractivity contribution in [2.75, 3.05) is 18.5 Å². The molecule has 2 aliphatic rings. The Labute approximate surface area is 183 Å². The number of aromatic nitrogens is 5. The molecule has 0 spiro atoms. The molecule has 0 saturated heterocycles. The summed E-state index contributed by atoms with van der Waals surface area (Å²) in [6, 6.07) is 5.11. The van der Waals surface area contributed by atoms with Gasteiger partial charge < -0.3 is 14.8 Å². The number of anilines is 1. The van der Waals surface area contributed by atoms with E-state index in [4.69, 9.17) is 9.47 Å². The molecule has 5 heterocycles. The molecule has 0 amide bonds. The highest BCUT2D eigenvalue weighted by molar-refractivity contribution is 5.85. The van der Waals surface area contributed by atoms with Crippen LogP contribution in [0.1, 0.15) is 22.6 Å². The van der Waals surface area contributed by atoms with Gasteiger partial charge in [0.25, 0.3) is 0 Å². The average Bonchev–Trinajstić information content (AvgIpc) is 3.45. The van der Waals surface area contributed by atoms with Crippen LogP contribution in [-0.4, -0.2) is 37.6 Å². The van der Waals surface area contributed by atoms with Gasteiger partial charge in [-0.05, 0) is 30.7 Å². The predicted molar refractivity (Wildman–Crippen MR) is 115 cm³/mol. The highest BCUT2D eigenvalue weighted by atomic mass is 35.5. The lowest BCUT2D eigenvalue weighted by molar-refractivity contribution is 0.249. The van der Waals surface area contributed by atoms with Crippen LogP contribution in [-0.2, 0) is 13.6 Å². The van der Waals surface area contributed by atoms with Crippen molar-refractivity contribution in [3.63, 3.8) is 0 Å². The zero-order valence-electron chi connectivity index (χ0n) is 16.9. The molecule has 0 unspecified atom stereocenters. The second-order valence-electron chi connectivity index (χ2n) is 7.71. The second-order valence-corrected chi connectivity index (χ2v) is 7.71. The van der Waals surface area contributed by atoms with E-state index >= 15 is 0 Å². The van der Waals surface area contributed by atoms with Crippen molar-refractivity contribution in [1.29, 1.82) is 0 Å². The van der Waals surface area contributed by atoms with Gasteiger partial charge in [0.1, 0.15) is 17.9 Å². The van der Waals surface area contributed by atoms with Crippen molar-refractivity contribution in [2.45, 2.75) is 19.4 Å². The molecule has 10 heteroatoms. The van der Waals surface area contributed by atoms with Gasteiger partial charge in [-0.1, -0.05) is 0 Å². The van der Waals surface area contributed by atoms with Gasteiger partial charge in [0.15, 0.2) is 17.2 Å². The maximum absolute atomic E-state index is 14.7. The van der Waals surface area contributed by atoms with Gasteiger partial charge in [0.2, 0.25) is 0 Å². The zero-order chi connectivity index (χ0) is 20.4. The molecule has 3 aromatic heterocycles. The van der Waals surface area contributed by atoms with Crippen LogP contribution in [0.5, 0.6) is 11.5 Å². The molecule has 2 aliphatic heterocycles. The molecule has 1 atom stereocenters. The van der Waals surface area contributed by atoms with E-state index in [2.05, 4.69) is 20.6 Å². The summed E-state index contributed by atoms with van der Waals surface area (Å²) in [6.07, 6.45) is 3.46. The number of ether oxygens (including phenoxy) is 2. The van der Waals surface area contributed by atoms with Crippen LogP contribution in [0.3, 0.4) is 0 Å². The van der Waals surface area contributed by atoms with Crippen LogP contribution in [0.2, 0.25) is 0 Å². The number of aryl methyl sites for hydroxylation is 2. The van der Waals surface area contributed by atoms with E-state index in [9.17, 15) is 4.39 Å². The minimum absolute atomic E-state index is 0. The van der Waals surface area contributed by atoms with Crippen molar-refractivity contribution in [2.24, 2.45) is 7.05 Å². The SMILES string of the molecule is Cc1cnn(C)c1-c1cc2c(n3cnnc13)NCc1c(F)ccc3c1[C@@H](CO3)CO2.Cl. The van der Waals surface area contributed by atoms with Gasteiger partial charge in [-0.2, -0.15) is 5.10 Å². The molecular weight excluding hydrogens is 423 g/mol. The fraction of sp³-hybridized carbons (Fsp3) is 0.286. The molecule has 0 radical (unpaired) electrons. The Morgan fingerprint density at radius 1 is 1.19 bits per heavy atom. The van der Waals surface area contributed by atoms with Crippen molar-refractivity contribution in [3.05, 3.63) is 53.2 Å². The number of hydrogen-bond acceptors (Lipinski definition) is 6. The molecule has 0 bridgehead atoms. The van der Waals surface area contributed by atoms with Crippen LogP contribution in [0.15, 0.2) is 30.7 Å². The van der Waals surface area contributed by atoms with Crippen molar-refractivity contribution in [3.8, 4) is 22.8 Å². The van der Waals surface area contributed by atoms with E-state index in [-0.39, 0.29) is 24.1 Å². The number of halogens is 2. The molecule has 0 fully saturated rings. The van der Waals surface area contributed by atoms with Gasteiger partial charge in [0.05, 0.1) is 31.0 Å². The van der Waals surface area contributed by atoms with E-state index < -0.39 is 0 Å². The summed E-state index contributed by atoms with van der Waals surface area (Å²) in [7, 11) is 1.90. The fourth-order valence-corrected chi connectivity index (χ4v) is 4.49. The molecule has 31 heavy (non-hydrogen) atoms. The first-order valence-corrected chi connectivity index (χ1v) is 9.78. The topological polar surface area (TPSA) is 78.5 Å². The van der Waals surface area contributed by atoms with E-state index in [1.165, 1.54) is 6.07 Å². The first-order chi connectivity index (χ1) is 14.6. The third kappa shape index (κ3) is 2.83. The van der Waals surface area contributed by atoms with Crippen molar-refractivity contribution in [1.82, 2.24) is 24.4 Å². The summed E-state index contributed by atoms with van der Waals surface area (Å²) < 4.78 is 30.4. The largest absolute Gasteiger partial charge is 0.493 e. The molecule has 6 rings (SSSR count). The molecule has 1 aromatic carbocycles. The van der Waals surface area contributed by atoms with E-state index in [1.54, 1.807) is 12.4 Å². The first kappa shape index (κ1) is 19.6. The van der Waals surface area contributed by atoms with Gasteiger partial charge >= 0.3 is 0 Å². The van der Waals surface area contributed by atoms with E-state index in [0.29, 0.717) is 42.5 Å². The Hall–Kier alpha value is -3.33. The normalized spacial score (nSPS) is 16.7. The summed E-state index contributed by atoms with van der Waals surface area (Å²) in [5.74, 6) is 1.80. The van der Waals surface area contributed by atoms with Gasteiger partial charge in [-0.25, -0.2) is 4.39 Å². The lowest BCUT2D eigenvalue weighted by atomic mass is 9.96.